The Hall–Kier alpha value is -0.860. The lowest BCUT2D eigenvalue weighted by Crippen LogP contribution is -2.99. The van der Waals surface area contributed by atoms with E-state index in [0.29, 0.717) is 11.6 Å². The van der Waals surface area contributed by atoms with Gasteiger partial charge in [0.2, 0.25) is 0 Å². The summed E-state index contributed by atoms with van der Waals surface area (Å²) in [6, 6.07) is 11.1. The predicted molar refractivity (Wildman–Crippen MR) is 72.2 cm³/mol. The molecule has 2 aliphatic rings. The molecule has 1 spiro atoms. The van der Waals surface area contributed by atoms with E-state index < -0.39 is 0 Å². The number of piperidine rings is 1. The summed E-state index contributed by atoms with van der Waals surface area (Å²) in [7, 11) is 0. The van der Waals surface area contributed by atoms with E-state index in [9.17, 15) is 5.11 Å². The van der Waals surface area contributed by atoms with E-state index in [1.807, 2.05) is 0 Å². The normalized spacial score (nSPS) is 31.4. The van der Waals surface area contributed by atoms with Crippen molar-refractivity contribution in [3.8, 4) is 0 Å². The molecule has 2 atom stereocenters. The first-order valence-electron chi connectivity index (χ1n) is 7.36. The molecule has 1 saturated carbocycles. The van der Waals surface area contributed by atoms with Crippen molar-refractivity contribution in [2.45, 2.75) is 62.6 Å². The lowest BCUT2D eigenvalue weighted by molar-refractivity contribution is -0.777. The van der Waals surface area contributed by atoms with Crippen molar-refractivity contribution in [1.29, 1.82) is 0 Å². The van der Waals surface area contributed by atoms with Gasteiger partial charge in [-0.15, -0.1) is 0 Å². The second kappa shape index (κ2) is 5.02. The van der Waals surface area contributed by atoms with Gasteiger partial charge < -0.3 is 10.4 Å². The fourth-order valence-corrected chi connectivity index (χ4v) is 3.97. The zero-order valence-electron chi connectivity index (χ0n) is 11.0. The van der Waals surface area contributed by atoms with Crippen molar-refractivity contribution in [3.05, 3.63) is 35.9 Å². The zero-order chi connectivity index (χ0) is 12.4. The molecule has 1 aromatic carbocycles. The Kier molecular flexibility index (Phi) is 3.40. The van der Waals surface area contributed by atoms with Gasteiger partial charge in [-0.1, -0.05) is 36.8 Å². The molecule has 0 radical (unpaired) electrons. The zero-order valence-corrected chi connectivity index (χ0v) is 11.0. The molecular weight excluding hydrogens is 222 g/mol. The Morgan fingerprint density at radius 1 is 1.06 bits per heavy atom. The molecule has 3 rings (SSSR count). The van der Waals surface area contributed by atoms with Gasteiger partial charge in [-0.2, -0.15) is 0 Å². The summed E-state index contributed by atoms with van der Waals surface area (Å²) in [4.78, 5) is 0. The molecular formula is C16H24NO+. The van der Waals surface area contributed by atoms with Gasteiger partial charge in [-0.25, -0.2) is 0 Å². The third-order valence-electron chi connectivity index (χ3n) is 4.80. The van der Waals surface area contributed by atoms with Crippen molar-refractivity contribution in [1.82, 2.24) is 0 Å². The second-order valence-corrected chi connectivity index (χ2v) is 6.20. The van der Waals surface area contributed by atoms with Gasteiger partial charge >= 0.3 is 0 Å². The lowest BCUT2D eigenvalue weighted by atomic mass is 9.73. The van der Waals surface area contributed by atoms with Crippen molar-refractivity contribution < 1.29 is 10.4 Å². The standard InChI is InChI=1S/C16H23NO/c18-14-11-15(13-7-3-1-4-8-13)17-16(12-14)9-5-2-6-10-16/h1,3-4,7-8,14-15,17-18H,2,5-6,9-12H2/p+1/t14-,15+/m0/s1. The van der Waals surface area contributed by atoms with Gasteiger partial charge in [0.05, 0.1) is 11.6 Å². The van der Waals surface area contributed by atoms with Crippen LogP contribution in [0.3, 0.4) is 0 Å². The number of aliphatic hydroxyl groups is 1. The van der Waals surface area contributed by atoms with Gasteiger partial charge in [0.15, 0.2) is 0 Å². The molecule has 0 unspecified atom stereocenters. The molecule has 1 saturated heterocycles. The molecule has 2 fully saturated rings. The van der Waals surface area contributed by atoms with Crippen LogP contribution in [0.5, 0.6) is 0 Å². The van der Waals surface area contributed by atoms with Crippen LogP contribution in [0.2, 0.25) is 0 Å². The minimum Gasteiger partial charge on any atom is -0.393 e. The minimum atomic E-state index is -0.113. The lowest BCUT2D eigenvalue weighted by Gasteiger charge is -2.43. The summed E-state index contributed by atoms with van der Waals surface area (Å²) >= 11 is 0. The number of hydrogen-bond acceptors (Lipinski definition) is 1. The Labute approximate surface area is 109 Å². The van der Waals surface area contributed by atoms with Crippen molar-refractivity contribution >= 4 is 0 Å². The second-order valence-electron chi connectivity index (χ2n) is 6.20. The van der Waals surface area contributed by atoms with Crippen LogP contribution in [0, 0.1) is 0 Å². The van der Waals surface area contributed by atoms with Crippen molar-refractivity contribution in [2.75, 3.05) is 0 Å². The average molecular weight is 246 g/mol. The molecule has 2 nitrogen and oxygen atoms in total. The first kappa shape index (κ1) is 12.2. The molecule has 0 bridgehead atoms. The summed E-state index contributed by atoms with van der Waals surface area (Å²) in [6.45, 7) is 0. The number of quaternary nitrogens is 1. The maximum absolute atomic E-state index is 10.2. The van der Waals surface area contributed by atoms with E-state index >= 15 is 0 Å². The number of rotatable bonds is 1. The fraction of sp³-hybridized carbons (Fsp3) is 0.625. The third kappa shape index (κ3) is 2.45. The van der Waals surface area contributed by atoms with Crippen LogP contribution in [0.4, 0.5) is 0 Å². The molecule has 2 heteroatoms. The average Bonchev–Trinajstić information content (AvgIpc) is 2.40. The van der Waals surface area contributed by atoms with Crippen LogP contribution < -0.4 is 5.32 Å². The van der Waals surface area contributed by atoms with Crippen LogP contribution in [0.15, 0.2) is 30.3 Å². The van der Waals surface area contributed by atoms with E-state index in [2.05, 4.69) is 35.6 Å². The van der Waals surface area contributed by atoms with E-state index in [1.54, 1.807) is 0 Å². The molecule has 98 valence electrons. The molecule has 1 aromatic rings. The smallest absolute Gasteiger partial charge is 0.114 e. The van der Waals surface area contributed by atoms with Crippen molar-refractivity contribution in [2.24, 2.45) is 0 Å². The number of nitrogens with two attached hydrogens (primary N) is 1. The van der Waals surface area contributed by atoms with Gasteiger partial charge in [0.1, 0.15) is 6.04 Å². The number of benzene rings is 1. The largest absolute Gasteiger partial charge is 0.393 e. The minimum absolute atomic E-state index is 0.113. The highest BCUT2D eigenvalue weighted by molar-refractivity contribution is 5.17. The Bertz CT molecular complexity index is 383. The maximum atomic E-state index is 10.2. The van der Waals surface area contributed by atoms with E-state index in [-0.39, 0.29) is 6.10 Å². The Balaban J connectivity index is 1.80. The van der Waals surface area contributed by atoms with Gasteiger partial charge in [0.25, 0.3) is 0 Å². The molecule has 18 heavy (non-hydrogen) atoms. The van der Waals surface area contributed by atoms with Crippen LogP contribution in [-0.2, 0) is 0 Å². The van der Waals surface area contributed by atoms with Crippen LogP contribution >= 0.6 is 0 Å². The predicted octanol–water partition coefficient (Wildman–Crippen LogP) is 2.15. The topological polar surface area (TPSA) is 36.8 Å². The summed E-state index contributed by atoms with van der Waals surface area (Å²) in [6.07, 6.45) is 8.42. The number of aliphatic hydroxyl groups excluding tert-OH is 1. The SMILES string of the molecule is O[C@H]1C[C@H](c2ccccc2)[NH2+]C2(CCCCC2)C1. The first-order valence-corrected chi connectivity index (χ1v) is 7.36. The summed E-state index contributed by atoms with van der Waals surface area (Å²) < 4.78 is 0. The fourth-order valence-electron chi connectivity index (χ4n) is 3.97. The third-order valence-corrected chi connectivity index (χ3v) is 4.80. The molecule has 1 aliphatic carbocycles. The van der Waals surface area contributed by atoms with Crippen LogP contribution in [0.25, 0.3) is 0 Å². The molecule has 3 N–H and O–H groups in total. The van der Waals surface area contributed by atoms with Gasteiger partial charge in [-0.3, -0.25) is 0 Å². The molecule has 1 heterocycles. The van der Waals surface area contributed by atoms with Crippen LogP contribution in [-0.4, -0.2) is 16.7 Å². The van der Waals surface area contributed by atoms with Crippen molar-refractivity contribution in [3.63, 3.8) is 0 Å². The quantitative estimate of drug-likeness (QED) is 0.782. The summed E-state index contributed by atoms with van der Waals surface area (Å²) in [5, 5.41) is 12.8. The Morgan fingerprint density at radius 3 is 2.50 bits per heavy atom. The number of hydrogen-bond donors (Lipinski definition) is 2. The summed E-state index contributed by atoms with van der Waals surface area (Å²) in [5.41, 5.74) is 1.71. The summed E-state index contributed by atoms with van der Waals surface area (Å²) in [5.74, 6) is 0. The first-order chi connectivity index (χ1) is 8.77. The Morgan fingerprint density at radius 2 is 1.78 bits per heavy atom. The highest BCUT2D eigenvalue weighted by Gasteiger charge is 2.44. The maximum Gasteiger partial charge on any atom is 0.114 e. The van der Waals surface area contributed by atoms with E-state index in [1.165, 1.54) is 37.7 Å². The highest BCUT2D eigenvalue weighted by Crippen LogP contribution is 2.34. The van der Waals surface area contributed by atoms with Gasteiger partial charge in [-0.05, 0) is 12.8 Å². The molecule has 1 aliphatic heterocycles. The van der Waals surface area contributed by atoms with E-state index in [4.69, 9.17) is 0 Å². The van der Waals surface area contributed by atoms with Crippen LogP contribution in [0.1, 0.15) is 56.6 Å². The van der Waals surface area contributed by atoms with Gasteiger partial charge in [0, 0.05) is 31.2 Å². The molecule has 0 aromatic heterocycles. The van der Waals surface area contributed by atoms with E-state index in [0.717, 1.165) is 12.8 Å². The molecule has 0 amide bonds. The highest BCUT2D eigenvalue weighted by atomic mass is 16.3. The monoisotopic (exact) mass is 246 g/mol.